The van der Waals surface area contributed by atoms with E-state index in [2.05, 4.69) is 36.7 Å². The number of aromatic nitrogens is 4. The lowest BCUT2D eigenvalue weighted by atomic mass is 10.3. The Labute approximate surface area is 92.6 Å². The van der Waals surface area contributed by atoms with Crippen LogP contribution in [0.25, 0.3) is 0 Å². The summed E-state index contributed by atoms with van der Waals surface area (Å²) in [5, 5.41) is 13.5. The van der Waals surface area contributed by atoms with Crippen molar-refractivity contribution in [2.45, 2.75) is 0 Å². The third kappa shape index (κ3) is 2.04. The Hall–Kier alpha value is -1.70. The number of amides is 1. The van der Waals surface area contributed by atoms with Gasteiger partial charge in [0, 0.05) is 0 Å². The van der Waals surface area contributed by atoms with E-state index in [0.717, 1.165) is 0 Å². The van der Waals surface area contributed by atoms with E-state index in [9.17, 15) is 4.79 Å². The zero-order valence-corrected chi connectivity index (χ0v) is 9.22. The highest BCUT2D eigenvalue weighted by atomic mass is 79.9. The molecule has 8 heteroatoms. The van der Waals surface area contributed by atoms with Gasteiger partial charge in [0.25, 0.3) is 11.9 Å². The molecule has 0 saturated carbocycles. The molecule has 2 rings (SSSR count). The van der Waals surface area contributed by atoms with Crippen LogP contribution < -0.4 is 5.32 Å². The second kappa shape index (κ2) is 3.81. The summed E-state index contributed by atoms with van der Waals surface area (Å²) >= 11 is 3.10. The van der Waals surface area contributed by atoms with Gasteiger partial charge in [-0.1, -0.05) is 5.10 Å². The monoisotopic (exact) mass is 271 g/mol. The fourth-order valence-electron chi connectivity index (χ4n) is 0.959. The summed E-state index contributed by atoms with van der Waals surface area (Å²) in [6, 6.07) is 1.54. The number of furan rings is 1. The molecule has 0 aliphatic rings. The number of aryl methyl sites for hydroxylation is 1. The predicted molar refractivity (Wildman–Crippen MR) is 53.2 cm³/mol. The standard InChI is InChI=1S/C7H6BrN5O2/c1-13-11-7(10-12-13)9-6(14)4-2-3-15-5(4)8/h2-3H,1H3,(H,9,11,14). The normalized spacial score (nSPS) is 10.3. The first-order chi connectivity index (χ1) is 7.16. The smallest absolute Gasteiger partial charge is 0.270 e. The van der Waals surface area contributed by atoms with Gasteiger partial charge in [-0.3, -0.25) is 10.1 Å². The third-order valence-electron chi connectivity index (χ3n) is 1.60. The largest absolute Gasteiger partial charge is 0.457 e. The van der Waals surface area contributed by atoms with E-state index in [1.54, 1.807) is 7.05 Å². The molecule has 0 atom stereocenters. The highest BCUT2D eigenvalue weighted by molar-refractivity contribution is 9.10. The van der Waals surface area contributed by atoms with Gasteiger partial charge in [-0.2, -0.15) is 4.80 Å². The number of halogens is 1. The van der Waals surface area contributed by atoms with Crippen molar-refractivity contribution in [3.63, 3.8) is 0 Å². The highest BCUT2D eigenvalue weighted by Gasteiger charge is 2.14. The predicted octanol–water partition coefficient (Wildman–Crippen LogP) is 0.818. The molecule has 2 aromatic rings. The lowest BCUT2D eigenvalue weighted by Gasteiger charge is -1.96. The Bertz CT molecular complexity index is 491. The molecule has 0 spiro atoms. The molecule has 0 fully saturated rings. The van der Waals surface area contributed by atoms with Gasteiger partial charge in [0.15, 0.2) is 4.67 Å². The Balaban J connectivity index is 2.14. The number of anilines is 1. The van der Waals surface area contributed by atoms with Crippen LogP contribution in [0.4, 0.5) is 5.95 Å². The van der Waals surface area contributed by atoms with E-state index < -0.39 is 0 Å². The lowest BCUT2D eigenvalue weighted by Crippen LogP contribution is -2.12. The average molecular weight is 272 g/mol. The van der Waals surface area contributed by atoms with E-state index in [0.29, 0.717) is 10.2 Å². The molecular weight excluding hydrogens is 266 g/mol. The molecule has 1 amide bonds. The van der Waals surface area contributed by atoms with Crippen LogP contribution in [0, 0.1) is 0 Å². The van der Waals surface area contributed by atoms with E-state index in [4.69, 9.17) is 4.42 Å². The van der Waals surface area contributed by atoms with Crippen LogP contribution >= 0.6 is 15.9 Å². The summed E-state index contributed by atoms with van der Waals surface area (Å²) < 4.78 is 5.29. The molecule has 7 nitrogen and oxygen atoms in total. The van der Waals surface area contributed by atoms with Crippen molar-refractivity contribution in [3.05, 3.63) is 22.6 Å². The molecule has 0 bridgehead atoms. The fraction of sp³-hybridized carbons (Fsp3) is 0.143. The van der Waals surface area contributed by atoms with Crippen molar-refractivity contribution in [2.24, 2.45) is 7.05 Å². The molecule has 0 unspecified atom stereocenters. The van der Waals surface area contributed by atoms with Crippen molar-refractivity contribution in [1.29, 1.82) is 0 Å². The highest BCUT2D eigenvalue weighted by Crippen LogP contribution is 2.18. The van der Waals surface area contributed by atoms with Gasteiger partial charge in [0.2, 0.25) is 0 Å². The summed E-state index contributed by atoms with van der Waals surface area (Å²) in [5.74, 6) is -0.209. The van der Waals surface area contributed by atoms with Crippen LogP contribution in [0.15, 0.2) is 21.4 Å². The third-order valence-corrected chi connectivity index (χ3v) is 2.21. The number of hydrogen-bond donors (Lipinski definition) is 1. The molecule has 0 aliphatic heterocycles. The molecule has 0 saturated heterocycles. The van der Waals surface area contributed by atoms with Crippen LogP contribution in [-0.2, 0) is 7.05 Å². The van der Waals surface area contributed by atoms with Crippen molar-refractivity contribution >= 4 is 27.8 Å². The van der Waals surface area contributed by atoms with Gasteiger partial charge in [0.1, 0.15) is 0 Å². The quantitative estimate of drug-likeness (QED) is 0.874. The molecular formula is C7H6BrN5O2. The first kappa shape index (κ1) is 9.84. The summed E-state index contributed by atoms with van der Waals surface area (Å²) in [7, 11) is 1.61. The Kier molecular flexibility index (Phi) is 2.50. The minimum absolute atomic E-state index is 0.149. The maximum Gasteiger partial charge on any atom is 0.270 e. The summed E-state index contributed by atoms with van der Waals surface area (Å²) in [5.41, 5.74) is 0.377. The van der Waals surface area contributed by atoms with Crippen LogP contribution in [0.2, 0.25) is 0 Å². The SMILES string of the molecule is Cn1nnc(NC(=O)c2ccoc2Br)n1. The Morgan fingerprint density at radius 3 is 3.00 bits per heavy atom. The zero-order chi connectivity index (χ0) is 10.8. The number of nitrogens with one attached hydrogen (secondary N) is 1. The molecule has 2 heterocycles. The first-order valence-corrected chi connectivity index (χ1v) is 4.74. The maximum absolute atomic E-state index is 11.6. The van der Waals surface area contributed by atoms with Crippen LogP contribution in [0.3, 0.4) is 0 Å². The Morgan fingerprint density at radius 2 is 2.47 bits per heavy atom. The number of tetrazole rings is 1. The number of hydrogen-bond acceptors (Lipinski definition) is 5. The topological polar surface area (TPSA) is 85.8 Å². The van der Waals surface area contributed by atoms with E-state index in [-0.39, 0.29) is 11.9 Å². The summed E-state index contributed by atoms with van der Waals surface area (Å²) in [4.78, 5) is 12.8. The summed E-state index contributed by atoms with van der Waals surface area (Å²) in [6.07, 6.45) is 1.41. The molecule has 1 N–H and O–H groups in total. The minimum atomic E-state index is -0.358. The van der Waals surface area contributed by atoms with E-state index in [1.165, 1.54) is 17.1 Å². The second-order valence-electron chi connectivity index (χ2n) is 2.66. The van der Waals surface area contributed by atoms with Crippen molar-refractivity contribution in [3.8, 4) is 0 Å². The van der Waals surface area contributed by atoms with Gasteiger partial charge in [0.05, 0.1) is 18.9 Å². The lowest BCUT2D eigenvalue weighted by molar-refractivity contribution is 0.102. The molecule has 0 aliphatic carbocycles. The molecule has 78 valence electrons. The van der Waals surface area contributed by atoms with Gasteiger partial charge < -0.3 is 4.42 Å². The number of carbonyl (C=O) groups is 1. The van der Waals surface area contributed by atoms with Crippen molar-refractivity contribution < 1.29 is 9.21 Å². The van der Waals surface area contributed by atoms with Gasteiger partial charge in [-0.05, 0) is 27.2 Å². The van der Waals surface area contributed by atoms with E-state index in [1.807, 2.05) is 0 Å². The van der Waals surface area contributed by atoms with Crippen LogP contribution in [0.1, 0.15) is 10.4 Å². The summed E-state index contributed by atoms with van der Waals surface area (Å²) in [6.45, 7) is 0. The van der Waals surface area contributed by atoms with Crippen LogP contribution in [-0.4, -0.2) is 26.1 Å². The van der Waals surface area contributed by atoms with Crippen LogP contribution in [0.5, 0.6) is 0 Å². The van der Waals surface area contributed by atoms with Gasteiger partial charge in [-0.25, -0.2) is 0 Å². The zero-order valence-electron chi connectivity index (χ0n) is 7.64. The van der Waals surface area contributed by atoms with Crippen molar-refractivity contribution in [2.75, 3.05) is 5.32 Å². The Morgan fingerprint density at radius 1 is 1.67 bits per heavy atom. The number of nitrogens with zero attached hydrogens (tertiary/aromatic N) is 4. The number of carbonyl (C=O) groups excluding carboxylic acids is 1. The second-order valence-corrected chi connectivity index (χ2v) is 3.38. The van der Waals surface area contributed by atoms with E-state index >= 15 is 0 Å². The first-order valence-electron chi connectivity index (χ1n) is 3.95. The van der Waals surface area contributed by atoms with Crippen molar-refractivity contribution in [1.82, 2.24) is 20.2 Å². The van der Waals surface area contributed by atoms with Gasteiger partial charge in [-0.15, -0.1) is 5.10 Å². The number of rotatable bonds is 2. The molecule has 2 aromatic heterocycles. The molecule has 0 radical (unpaired) electrons. The fourth-order valence-corrected chi connectivity index (χ4v) is 1.38. The molecule has 0 aromatic carbocycles. The minimum Gasteiger partial charge on any atom is -0.457 e. The van der Waals surface area contributed by atoms with Gasteiger partial charge >= 0.3 is 0 Å². The molecule has 15 heavy (non-hydrogen) atoms. The average Bonchev–Trinajstić information content (AvgIpc) is 2.75. The maximum atomic E-state index is 11.6.